The van der Waals surface area contributed by atoms with Crippen LogP contribution >= 0.6 is 15.9 Å². The van der Waals surface area contributed by atoms with Gasteiger partial charge in [0.2, 0.25) is 0 Å². The number of halogens is 2. The molecule has 0 radical (unpaired) electrons. The molecule has 0 aliphatic heterocycles. The molecule has 0 aliphatic rings. The third-order valence-electron chi connectivity index (χ3n) is 1.66. The average molecular weight is 259 g/mol. The highest BCUT2D eigenvalue weighted by Crippen LogP contribution is 2.21. The van der Waals surface area contributed by atoms with Gasteiger partial charge in [0, 0.05) is 10.9 Å². The predicted molar refractivity (Wildman–Crippen MR) is 60.4 cm³/mol. The van der Waals surface area contributed by atoms with Crippen LogP contribution in [-0.2, 0) is 0 Å². The molecule has 3 heteroatoms. The van der Waals surface area contributed by atoms with E-state index in [4.69, 9.17) is 4.74 Å². The average Bonchev–Trinajstić information content (AvgIpc) is 2.18. The van der Waals surface area contributed by atoms with Gasteiger partial charge in [0.05, 0.1) is 6.61 Å². The van der Waals surface area contributed by atoms with E-state index in [1.54, 1.807) is 6.07 Å². The number of hydrogen-bond donors (Lipinski definition) is 0. The molecule has 1 aromatic rings. The first-order chi connectivity index (χ1) is 6.77. The second-order valence-electron chi connectivity index (χ2n) is 2.67. The van der Waals surface area contributed by atoms with Crippen molar-refractivity contribution in [2.24, 2.45) is 0 Å². The Kier molecular flexibility index (Phi) is 4.66. The molecule has 0 aromatic heterocycles. The molecular formula is C11H12BrFO. The minimum Gasteiger partial charge on any atom is -0.493 e. The summed E-state index contributed by atoms with van der Waals surface area (Å²) in [6.45, 7) is 2.49. The van der Waals surface area contributed by atoms with Crippen LogP contribution in [0.4, 0.5) is 4.39 Å². The second kappa shape index (κ2) is 5.81. The lowest BCUT2D eigenvalue weighted by atomic mass is 10.2. The smallest absolute Gasteiger partial charge is 0.126 e. The molecule has 14 heavy (non-hydrogen) atoms. The van der Waals surface area contributed by atoms with Crippen LogP contribution in [0.5, 0.6) is 5.75 Å². The van der Waals surface area contributed by atoms with Crippen LogP contribution in [-0.4, -0.2) is 11.9 Å². The van der Waals surface area contributed by atoms with Crippen molar-refractivity contribution in [3.63, 3.8) is 0 Å². The van der Waals surface area contributed by atoms with Gasteiger partial charge in [-0.05, 0) is 25.1 Å². The third kappa shape index (κ3) is 3.14. The third-order valence-corrected chi connectivity index (χ3v) is 2.03. The monoisotopic (exact) mass is 258 g/mol. The lowest BCUT2D eigenvalue weighted by molar-refractivity contribution is 0.339. The van der Waals surface area contributed by atoms with Gasteiger partial charge in [-0.25, -0.2) is 4.39 Å². The van der Waals surface area contributed by atoms with E-state index in [1.165, 1.54) is 12.1 Å². The molecule has 0 N–H and O–H groups in total. The molecule has 0 saturated heterocycles. The van der Waals surface area contributed by atoms with Gasteiger partial charge in [-0.3, -0.25) is 0 Å². The number of allylic oxidation sites excluding steroid dienone is 1. The second-order valence-corrected chi connectivity index (χ2v) is 3.32. The molecule has 0 fully saturated rings. The van der Waals surface area contributed by atoms with Gasteiger partial charge in [0.1, 0.15) is 11.6 Å². The van der Waals surface area contributed by atoms with Crippen molar-refractivity contribution in [1.29, 1.82) is 0 Å². The molecule has 0 unspecified atom stereocenters. The molecule has 0 amide bonds. The highest BCUT2D eigenvalue weighted by atomic mass is 79.9. The van der Waals surface area contributed by atoms with E-state index in [2.05, 4.69) is 15.9 Å². The maximum atomic E-state index is 12.9. The summed E-state index contributed by atoms with van der Waals surface area (Å²) in [5, 5.41) is 0.745. The molecule has 76 valence electrons. The molecule has 0 bridgehead atoms. The molecule has 1 nitrogen and oxygen atoms in total. The van der Waals surface area contributed by atoms with E-state index in [1.807, 2.05) is 19.1 Å². The largest absolute Gasteiger partial charge is 0.493 e. The number of rotatable bonds is 4. The first-order valence-electron chi connectivity index (χ1n) is 4.42. The van der Waals surface area contributed by atoms with E-state index in [-0.39, 0.29) is 5.82 Å². The minimum absolute atomic E-state index is 0.248. The Balaban J connectivity index is 2.96. The highest BCUT2D eigenvalue weighted by Gasteiger charge is 2.01. The van der Waals surface area contributed by atoms with Crippen molar-refractivity contribution in [2.75, 3.05) is 11.9 Å². The number of hydrogen-bond acceptors (Lipinski definition) is 1. The Morgan fingerprint density at radius 2 is 2.29 bits per heavy atom. The number of ether oxygens (including phenoxy) is 1. The van der Waals surface area contributed by atoms with Crippen LogP contribution in [0.3, 0.4) is 0 Å². The maximum Gasteiger partial charge on any atom is 0.126 e. The molecule has 0 spiro atoms. The van der Waals surface area contributed by atoms with E-state index in [0.29, 0.717) is 12.4 Å². The number of alkyl halides is 1. The van der Waals surface area contributed by atoms with E-state index >= 15 is 0 Å². The van der Waals surface area contributed by atoms with Gasteiger partial charge in [-0.2, -0.15) is 0 Å². The van der Waals surface area contributed by atoms with Crippen LogP contribution in [0.25, 0.3) is 6.08 Å². The van der Waals surface area contributed by atoms with Crippen LogP contribution in [0.15, 0.2) is 24.3 Å². The Morgan fingerprint density at radius 1 is 1.50 bits per heavy atom. The summed E-state index contributed by atoms with van der Waals surface area (Å²) < 4.78 is 18.3. The summed E-state index contributed by atoms with van der Waals surface area (Å²) in [4.78, 5) is 0. The summed E-state index contributed by atoms with van der Waals surface area (Å²) in [5.74, 6) is 0.466. The summed E-state index contributed by atoms with van der Waals surface area (Å²) in [5.41, 5.74) is 0.770. The van der Waals surface area contributed by atoms with Gasteiger partial charge in [0.25, 0.3) is 0 Å². The molecule has 0 saturated carbocycles. The van der Waals surface area contributed by atoms with Gasteiger partial charge >= 0.3 is 0 Å². The minimum atomic E-state index is -0.248. The Hall–Kier alpha value is -0.830. The first kappa shape index (κ1) is 11.2. The van der Waals surface area contributed by atoms with E-state index in [0.717, 1.165) is 10.9 Å². The zero-order valence-corrected chi connectivity index (χ0v) is 9.55. The Morgan fingerprint density at radius 3 is 2.93 bits per heavy atom. The fourth-order valence-electron chi connectivity index (χ4n) is 1.11. The molecule has 0 aliphatic carbocycles. The van der Waals surface area contributed by atoms with E-state index in [9.17, 15) is 4.39 Å². The Labute approximate surface area is 91.7 Å². The summed E-state index contributed by atoms with van der Waals surface area (Å²) in [6, 6.07) is 4.51. The van der Waals surface area contributed by atoms with Crippen molar-refractivity contribution in [2.45, 2.75) is 6.92 Å². The standard InChI is InChI=1S/C11H12BrFO/c1-2-14-11-6-5-10(13)8-9(11)4-3-7-12/h3-6,8H,2,7H2,1H3. The first-order valence-corrected chi connectivity index (χ1v) is 5.55. The predicted octanol–water partition coefficient (Wildman–Crippen LogP) is 3.63. The topological polar surface area (TPSA) is 9.23 Å². The quantitative estimate of drug-likeness (QED) is 0.750. The van der Waals surface area contributed by atoms with Crippen LogP contribution in [0.2, 0.25) is 0 Å². The number of benzene rings is 1. The molecule has 0 atom stereocenters. The van der Waals surface area contributed by atoms with Crippen LogP contribution in [0, 0.1) is 5.82 Å². The maximum absolute atomic E-state index is 12.9. The fourth-order valence-corrected chi connectivity index (χ4v) is 1.29. The highest BCUT2D eigenvalue weighted by molar-refractivity contribution is 9.09. The van der Waals surface area contributed by atoms with Crippen LogP contribution < -0.4 is 4.74 Å². The molecule has 1 aromatic carbocycles. The van der Waals surface area contributed by atoms with Gasteiger partial charge < -0.3 is 4.74 Å². The van der Waals surface area contributed by atoms with Crippen molar-refractivity contribution in [1.82, 2.24) is 0 Å². The van der Waals surface area contributed by atoms with Gasteiger partial charge in [-0.1, -0.05) is 28.1 Å². The SMILES string of the molecule is CCOc1ccc(F)cc1C=CCBr. The Bertz CT molecular complexity index is 323. The lowest BCUT2D eigenvalue weighted by Crippen LogP contribution is -1.94. The summed E-state index contributed by atoms with van der Waals surface area (Å²) >= 11 is 3.27. The fraction of sp³-hybridized carbons (Fsp3) is 0.273. The van der Waals surface area contributed by atoms with Crippen molar-refractivity contribution < 1.29 is 9.13 Å². The van der Waals surface area contributed by atoms with Crippen LogP contribution in [0.1, 0.15) is 12.5 Å². The van der Waals surface area contributed by atoms with Crippen molar-refractivity contribution in [3.05, 3.63) is 35.7 Å². The lowest BCUT2D eigenvalue weighted by Gasteiger charge is -2.06. The summed E-state index contributed by atoms with van der Waals surface area (Å²) in [7, 11) is 0. The van der Waals surface area contributed by atoms with Gasteiger partial charge in [-0.15, -0.1) is 0 Å². The molecule has 1 rings (SSSR count). The zero-order chi connectivity index (χ0) is 10.4. The summed E-state index contributed by atoms with van der Waals surface area (Å²) in [6.07, 6.45) is 3.74. The van der Waals surface area contributed by atoms with Crippen molar-refractivity contribution >= 4 is 22.0 Å². The van der Waals surface area contributed by atoms with Crippen molar-refractivity contribution in [3.8, 4) is 5.75 Å². The van der Waals surface area contributed by atoms with Gasteiger partial charge in [0.15, 0.2) is 0 Å². The molecular weight excluding hydrogens is 247 g/mol. The van der Waals surface area contributed by atoms with E-state index < -0.39 is 0 Å². The zero-order valence-electron chi connectivity index (χ0n) is 7.97. The molecule has 0 heterocycles. The normalized spacial score (nSPS) is 10.8.